The number of hydrogen-bond acceptors (Lipinski definition) is 3. The van der Waals surface area contributed by atoms with Gasteiger partial charge in [-0.1, -0.05) is 24.3 Å². The Morgan fingerprint density at radius 2 is 1.48 bits per heavy atom. The number of rotatable bonds is 3. The van der Waals surface area contributed by atoms with Crippen LogP contribution in [0.3, 0.4) is 0 Å². The van der Waals surface area contributed by atoms with Crippen molar-refractivity contribution in [2.45, 2.75) is 30.6 Å². The maximum Gasteiger partial charge on any atom is 0.253 e. The Labute approximate surface area is 160 Å². The number of amides is 1. The van der Waals surface area contributed by atoms with Crippen molar-refractivity contribution in [3.63, 3.8) is 0 Å². The van der Waals surface area contributed by atoms with Gasteiger partial charge in [0.2, 0.25) is 10.0 Å². The number of hydrogen-bond donors (Lipinski definition) is 0. The van der Waals surface area contributed by atoms with Gasteiger partial charge in [-0.25, -0.2) is 8.42 Å². The van der Waals surface area contributed by atoms with Gasteiger partial charge < -0.3 is 4.90 Å². The van der Waals surface area contributed by atoms with Crippen LogP contribution < -0.4 is 0 Å². The molecule has 0 N–H and O–H groups in total. The topological polar surface area (TPSA) is 57.7 Å². The van der Waals surface area contributed by atoms with Crippen molar-refractivity contribution in [1.29, 1.82) is 0 Å². The van der Waals surface area contributed by atoms with Gasteiger partial charge in [-0.3, -0.25) is 4.79 Å². The van der Waals surface area contributed by atoms with E-state index in [1.807, 2.05) is 30.3 Å². The van der Waals surface area contributed by atoms with Crippen LogP contribution in [0.25, 0.3) is 0 Å². The van der Waals surface area contributed by atoms with E-state index in [-0.39, 0.29) is 5.91 Å². The predicted molar refractivity (Wildman–Crippen MR) is 104 cm³/mol. The Hall–Kier alpha value is -2.18. The largest absolute Gasteiger partial charge is 0.336 e. The summed E-state index contributed by atoms with van der Waals surface area (Å²) in [5.41, 5.74) is 3.09. The Balaban J connectivity index is 1.46. The molecule has 0 aromatic heterocycles. The lowest BCUT2D eigenvalue weighted by atomic mass is 9.92. The summed E-state index contributed by atoms with van der Waals surface area (Å²) >= 11 is 0. The van der Waals surface area contributed by atoms with Crippen LogP contribution in [0.2, 0.25) is 0 Å². The summed E-state index contributed by atoms with van der Waals surface area (Å²) in [6.45, 7) is 1.49. The lowest BCUT2D eigenvalue weighted by molar-refractivity contribution is 0.0698. The molecule has 0 saturated carbocycles. The highest BCUT2D eigenvalue weighted by Gasteiger charge is 2.31. The van der Waals surface area contributed by atoms with Gasteiger partial charge >= 0.3 is 0 Å². The van der Waals surface area contributed by atoms with Crippen molar-refractivity contribution < 1.29 is 13.2 Å². The maximum absolute atomic E-state index is 13.0. The second kappa shape index (κ2) is 7.44. The molecule has 4 rings (SSSR count). The van der Waals surface area contributed by atoms with Crippen molar-refractivity contribution >= 4 is 15.9 Å². The molecule has 2 aromatic rings. The lowest BCUT2D eigenvalue weighted by Crippen LogP contribution is -2.50. The molecule has 0 atom stereocenters. The Kier molecular flexibility index (Phi) is 5.02. The first-order chi connectivity index (χ1) is 13.1. The standard InChI is InChI=1S/C21H24N2O3S/c24-21(18-7-2-1-3-8-18)22-12-14-23(15-13-22)27(25,26)20-11-10-17-6-4-5-9-19(17)16-20/h1-3,7-8,10-11,16H,4-6,9,12-15H2. The molecule has 0 bridgehead atoms. The third-order valence-corrected chi connectivity index (χ3v) is 7.40. The predicted octanol–water partition coefficient (Wildman–Crippen LogP) is 2.71. The van der Waals surface area contributed by atoms with E-state index in [1.165, 1.54) is 21.9 Å². The summed E-state index contributed by atoms with van der Waals surface area (Å²) in [5, 5.41) is 0. The molecule has 0 spiro atoms. The molecule has 1 saturated heterocycles. The number of benzene rings is 2. The molecule has 6 heteroatoms. The van der Waals surface area contributed by atoms with Crippen molar-refractivity contribution in [2.24, 2.45) is 0 Å². The molecule has 1 fully saturated rings. The minimum atomic E-state index is -3.51. The fraction of sp³-hybridized carbons (Fsp3) is 0.381. The summed E-state index contributed by atoms with van der Waals surface area (Å²) in [6, 6.07) is 14.7. The summed E-state index contributed by atoms with van der Waals surface area (Å²) in [7, 11) is -3.51. The summed E-state index contributed by atoms with van der Waals surface area (Å²) < 4.78 is 27.6. The van der Waals surface area contributed by atoms with E-state index >= 15 is 0 Å². The normalized spacial score (nSPS) is 18.1. The van der Waals surface area contributed by atoms with Crippen molar-refractivity contribution in [2.75, 3.05) is 26.2 Å². The molecular weight excluding hydrogens is 360 g/mol. The van der Waals surface area contributed by atoms with Crippen LogP contribution >= 0.6 is 0 Å². The molecule has 1 aliphatic heterocycles. The Bertz CT molecular complexity index is 933. The average molecular weight is 385 g/mol. The summed E-state index contributed by atoms with van der Waals surface area (Å²) in [5.74, 6) is -0.0403. The molecule has 1 aliphatic carbocycles. The van der Waals surface area contributed by atoms with Gasteiger partial charge in [0.05, 0.1) is 4.90 Å². The first-order valence-electron chi connectivity index (χ1n) is 9.52. The van der Waals surface area contributed by atoms with E-state index in [2.05, 4.69) is 0 Å². The molecular formula is C21H24N2O3S. The highest BCUT2D eigenvalue weighted by Crippen LogP contribution is 2.26. The van der Waals surface area contributed by atoms with Crippen LogP contribution in [-0.4, -0.2) is 49.7 Å². The third kappa shape index (κ3) is 3.64. The molecule has 1 amide bonds. The minimum absolute atomic E-state index is 0.0403. The zero-order chi connectivity index (χ0) is 18.9. The zero-order valence-electron chi connectivity index (χ0n) is 15.3. The zero-order valence-corrected chi connectivity index (χ0v) is 16.1. The Morgan fingerprint density at radius 3 is 2.19 bits per heavy atom. The molecule has 5 nitrogen and oxygen atoms in total. The highest BCUT2D eigenvalue weighted by atomic mass is 32.2. The number of carbonyl (C=O) groups is 1. The third-order valence-electron chi connectivity index (χ3n) is 5.50. The van der Waals surface area contributed by atoms with E-state index in [0.717, 1.165) is 19.3 Å². The fourth-order valence-electron chi connectivity index (χ4n) is 3.91. The molecule has 27 heavy (non-hydrogen) atoms. The molecule has 2 aromatic carbocycles. The summed E-state index contributed by atoms with van der Waals surface area (Å²) in [6.07, 6.45) is 4.29. The van der Waals surface area contributed by atoms with Crippen molar-refractivity contribution in [1.82, 2.24) is 9.21 Å². The second-order valence-corrected chi connectivity index (χ2v) is 9.14. The average Bonchev–Trinajstić information content (AvgIpc) is 2.73. The molecule has 0 radical (unpaired) electrons. The van der Waals surface area contributed by atoms with Gasteiger partial charge in [0.15, 0.2) is 0 Å². The monoisotopic (exact) mass is 384 g/mol. The summed E-state index contributed by atoms with van der Waals surface area (Å²) in [4.78, 5) is 14.7. The highest BCUT2D eigenvalue weighted by molar-refractivity contribution is 7.89. The van der Waals surface area contributed by atoms with E-state index in [4.69, 9.17) is 0 Å². The number of carbonyl (C=O) groups excluding carboxylic acids is 1. The van der Waals surface area contributed by atoms with E-state index in [9.17, 15) is 13.2 Å². The van der Waals surface area contributed by atoms with Gasteiger partial charge in [0, 0.05) is 31.7 Å². The molecule has 142 valence electrons. The first kappa shape index (κ1) is 18.2. The fourth-order valence-corrected chi connectivity index (χ4v) is 5.39. The van der Waals surface area contributed by atoms with Crippen molar-refractivity contribution in [3.05, 3.63) is 65.2 Å². The molecule has 0 unspecified atom stereocenters. The number of nitrogens with zero attached hydrogens (tertiary/aromatic N) is 2. The Morgan fingerprint density at radius 1 is 0.815 bits per heavy atom. The smallest absolute Gasteiger partial charge is 0.253 e. The van der Waals surface area contributed by atoms with Crippen LogP contribution in [-0.2, 0) is 22.9 Å². The quantitative estimate of drug-likeness (QED) is 0.818. The number of sulfonamides is 1. The number of aryl methyl sites for hydroxylation is 2. The van der Waals surface area contributed by atoms with Crippen LogP contribution in [0.5, 0.6) is 0 Å². The number of fused-ring (bicyclic) bond motifs is 1. The van der Waals surface area contributed by atoms with Gasteiger partial charge in [-0.05, 0) is 61.1 Å². The van der Waals surface area contributed by atoms with E-state index < -0.39 is 10.0 Å². The van der Waals surface area contributed by atoms with Crippen molar-refractivity contribution in [3.8, 4) is 0 Å². The maximum atomic E-state index is 13.0. The first-order valence-corrected chi connectivity index (χ1v) is 11.0. The van der Waals surface area contributed by atoms with E-state index in [0.29, 0.717) is 36.6 Å². The van der Waals surface area contributed by atoms with Crippen LogP contribution in [0, 0.1) is 0 Å². The second-order valence-electron chi connectivity index (χ2n) is 7.20. The van der Waals surface area contributed by atoms with Crippen LogP contribution in [0.4, 0.5) is 0 Å². The van der Waals surface area contributed by atoms with Crippen LogP contribution in [0.15, 0.2) is 53.4 Å². The molecule has 2 aliphatic rings. The minimum Gasteiger partial charge on any atom is -0.336 e. The SMILES string of the molecule is O=C(c1ccccc1)N1CCN(S(=O)(=O)c2ccc3c(c2)CCCC3)CC1. The number of piperazine rings is 1. The van der Waals surface area contributed by atoms with Gasteiger partial charge in [0.1, 0.15) is 0 Å². The lowest BCUT2D eigenvalue weighted by Gasteiger charge is -2.34. The van der Waals surface area contributed by atoms with Gasteiger partial charge in [0.25, 0.3) is 5.91 Å². The molecule has 1 heterocycles. The van der Waals surface area contributed by atoms with E-state index in [1.54, 1.807) is 23.1 Å². The van der Waals surface area contributed by atoms with Gasteiger partial charge in [-0.15, -0.1) is 0 Å². The van der Waals surface area contributed by atoms with Crippen LogP contribution in [0.1, 0.15) is 34.3 Å². The van der Waals surface area contributed by atoms with Gasteiger partial charge in [-0.2, -0.15) is 4.31 Å².